The van der Waals surface area contributed by atoms with Crippen LogP contribution in [0.1, 0.15) is 30.0 Å². The number of halogens is 3. The van der Waals surface area contributed by atoms with E-state index in [0.717, 1.165) is 16.3 Å². The van der Waals surface area contributed by atoms with Gasteiger partial charge in [-0.15, -0.1) is 0 Å². The average molecular weight is 380 g/mol. The number of pyridine rings is 1. The van der Waals surface area contributed by atoms with Gasteiger partial charge in [0.05, 0.1) is 23.4 Å². The maximum Gasteiger partial charge on any atom is 0.417 e. The molecule has 1 heterocycles. The second-order valence-electron chi connectivity index (χ2n) is 6.07. The van der Waals surface area contributed by atoms with Crippen molar-refractivity contribution in [3.63, 3.8) is 0 Å². The van der Waals surface area contributed by atoms with Crippen LogP contribution in [0.25, 0.3) is 0 Å². The van der Waals surface area contributed by atoms with E-state index in [-0.39, 0.29) is 17.8 Å². The van der Waals surface area contributed by atoms with E-state index in [0.29, 0.717) is 25.5 Å². The van der Waals surface area contributed by atoms with E-state index in [2.05, 4.69) is 17.2 Å². The summed E-state index contributed by atoms with van der Waals surface area (Å²) in [5.74, 6) is 0. The van der Waals surface area contributed by atoms with Crippen LogP contribution in [-0.2, 0) is 17.5 Å². The van der Waals surface area contributed by atoms with Gasteiger partial charge < -0.3 is 9.30 Å². The number of thiocarbonyl (C=S) groups is 1. The number of ether oxygens (including phenoxy) is 1. The van der Waals surface area contributed by atoms with Crippen molar-refractivity contribution in [1.29, 1.82) is 0 Å². The molecule has 0 bridgehead atoms. The van der Waals surface area contributed by atoms with Crippen molar-refractivity contribution in [2.75, 3.05) is 0 Å². The Morgan fingerprint density at radius 3 is 2.58 bits per heavy atom. The van der Waals surface area contributed by atoms with Gasteiger partial charge in [0, 0.05) is 12.2 Å². The Hall–Kier alpha value is -2.28. The van der Waals surface area contributed by atoms with E-state index in [1.165, 1.54) is 0 Å². The molecule has 0 unspecified atom stereocenters. The van der Waals surface area contributed by atoms with E-state index >= 15 is 0 Å². The SMILES string of the molecule is O=c1c(N=C=S)cc(C(F)(F)F)cn1[C@H]1C[C@@H](OCc2ccccc2)C1. The molecule has 1 saturated carbocycles. The first-order valence-electron chi connectivity index (χ1n) is 7.95. The highest BCUT2D eigenvalue weighted by atomic mass is 32.1. The lowest BCUT2D eigenvalue weighted by atomic mass is 9.88. The van der Waals surface area contributed by atoms with Crippen molar-refractivity contribution < 1.29 is 17.9 Å². The largest absolute Gasteiger partial charge is 0.417 e. The van der Waals surface area contributed by atoms with Crippen LogP contribution in [-0.4, -0.2) is 15.8 Å². The Morgan fingerprint density at radius 1 is 1.27 bits per heavy atom. The van der Waals surface area contributed by atoms with Crippen LogP contribution < -0.4 is 5.56 Å². The van der Waals surface area contributed by atoms with E-state index < -0.39 is 17.3 Å². The highest BCUT2D eigenvalue weighted by molar-refractivity contribution is 7.78. The molecule has 0 radical (unpaired) electrons. The normalized spacial score (nSPS) is 19.5. The van der Waals surface area contributed by atoms with Crippen LogP contribution in [0.2, 0.25) is 0 Å². The molecule has 1 aromatic heterocycles. The summed E-state index contributed by atoms with van der Waals surface area (Å²) in [6.07, 6.45) is -2.90. The fraction of sp³-hybridized carbons (Fsp3) is 0.333. The molecule has 136 valence electrons. The molecular weight excluding hydrogens is 365 g/mol. The molecule has 26 heavy (non-hydrogen) atoms. The third-order valence-corrected chi connectivity index (χ3v) is 4.40. The zero-order valence-corrected chi connectivity index (χ0v) is 14.4. The van der Waals surface area contributed by atoms with Crippen LogP contribution in [0, 0.1) is 0 Å². The van der Waals surface area contributed by atoms with Gasteiger partial charge in [0.1, 0.15) is 5.69 Å². The molecule has 1 aromatic carbocycles. The first-order chi connectivity index (χ1) is 12.4. The van der Waals surface area contributed by atoms with Crippen molar-refractivity contribution in [2.24, 2.45) is 4.99 Å². The summed E-state index contributed by atoms with van der Waals surface area (Å²) in [7, 11) is 0. The zero-order valence-electron chi connectivity index (χ0n) is 13.6. The Kier molecular flexibility index (Phi) is 5.36. The van der Waals surface area contributed by atoms with E-state index in [1.54, 1.807) is 0 Å². The van der Waals surface area contributed by atoms with Gasteiger partial charge in [-0.25, -0.2) is 0 Å². The summed E-state index contributed by atoms with van der Waals surface area (Å²) < 4.78 is 46.0. The maximum absolute atomic E-state index is 13.1. The van der Waals surface area contributed by atoms with E-state index in [9.17, 15) is 18.0 Å². The number of nitrogens with zero attached hydrogens (tertiary/aromatic N) is 2. The van der Waals surface area contributed by atoms with E-state index in [4.69, 9.17) is 4.74 Å². The number of isothiocyanates is 1. The lowest BCUT2D eigenvalue weighted by Crippen LogP contribution is -2.38. The fourth-order valence-electron chi connectivity index (χ4n) is 2.83. The number of hydrogen-bond donors (Lipinski definition) is 0. The highest BCUT2D eigenvalue weighted by Gasteiger charge is 2.36. The zero-order chi connectivity index (χ0) is 18.7. The molecule has 0 atom stereocenters. The number of hydrogen-bond acceptors (Lipinski definition) is 4. The monoisotopic (exact) mass is 380 g/mol. The van der Waals surface area contributed by atoms with Crippen molar-refractivity contribution in [3.8, 4) is 0 Å². The fourth-order valence-corrected chi connectivity index (χ4v) is 2.93. The van der Waals surface area contributed by atoms with Gasteiger partial charge in [0.25, 0.3) is 5.56 Å². The van der Waals surface area contributed by atoms with E-state index in [1.807, 2.05) is 35.5 Å². The van der Waals surface area contributed by atoms with Crippen LogP contribution in [0.3, 0.4) is 0 Å². The smallest absolute Gasteiger partial charge is 0.373 e. The van der Waals surface area contributed by atoms with Gasteiger partial charge >= 0.3 is 6.18 Å². The van der Waals surface area contributed by atoms with Crippen LogP contribution >= 0.6 is 12.2 Å². The van der Waals surface area contributed by atoms with Crippen molar-refractivity contribution in [2.45, 2.75) is 37.8 Å². The number of benzene rings is 1. The summed E-state index contributed by atoms with van der Waals surface area (Å²) in [5.41, 5.74) is -0.884. The standard InChI is InChI=1S/C18H15F3N2O2S/c19-18(20,21)13-6-16(22-11-26)17(24)23(9-13)14-7-15(8-14)25-10-12-4-2-1-3-5-12/h1-6,9,14-15H,7-8,10H2/t14-,15+. The van der Waals surface area contributed by atoms with Gasteiger partial charge in [0.2, 0.25) is 0 Å². The van der Waals surface area contributed by atoms with Gasteiger partial charge in [-0.2, -0.15) is 18.2 Å². The molecule has 0 amide bonds. The Morgan fingerprint density at radius 2 is 1.96 bits per heavy atom. The number of rotatable bonds is 5. The Labute approximate surface area is 152 Å². The van der Waals surface area contributed by atoms with Crippen LogP contribution in [0.15, 0.2) is 52.4 Å². The predicted molar refractivity (Wildman–Crippen MR) is 93.7 cm³/mol. The quantitative estimate of drug-likeness (QED) is 0.566. The van der Waals surface area contributed by atoms with Crippen LogP contribution in [0.4, 0.5) is 18.9 Å². The molecule has 3 rings (SSSR count). The Balaban J connectivity index is 1.73. The second kappa shape index (κ2) is 7.53. The minimum atomic E-state index is -4.58. The van der Waals surface area contributed by atoms with Crippen molar-refractivity contribution in [1.82, 2.24) is 4.57 Å². The third-order valence-electron chi connectivity index (χ3n) is 4.31. The lowest BCUT2D eigenvalue weighted by Gasteiger charge is -2.36. The first-order valence-corrected chi connectivity index (χ1v) is 8.36. The summed E-state index contributed by atoms with van der Waals surface area (Å²) >= 11 is 4.42. The van der Waals surface area contributed by atoms with Gasteiger partial charge in [-0.3, -0.25) is 4.79 Å². The summed E-state index contributed by atoms with van der Waals surface area (Å²) in [4.78, 5) is 15.8. The molecule has 0 spiro atoms. The average Bonchev–Trinajstić information content (AvgIpc) is 2.56. The topological polar surface area (TPSA) is 43.6 Å². The number of aliphatic imine (C=N–C) groups is 1. The predicted octanol–water partition coefficient (Wildman–Crippen LogP) is 4.52. The second-order valence-corrected chi connectivity index (χ2v) is 6.25. The molecule has 1 aliphatic carbocycles. The summed E-state index contributed by atoms with van der Waals surface area (Å²) in [6, 6.07) is 9.92. The van der Waals surface area contributed by atoms with Crippen LogP contribution in [0.5, 0.6) is 0 Å². The lowest BCUT2D eigenvalue weighted by molar-refractivity contribution is -0.138. The summed E-state index contributed by atoms with van der Waals surface area (Å²) in [5, 5.41) is 1.96. The summed E-state index contributed by atoms with van der Waals surface area (Å²) in [6.45, 7) is 0.427. The molecule has 2 aromatic rings. The Bertz CT molecular complexity index is 884. The van der Waals surface area contributed by atoms with Gasteiger partial charge in [0.15, 0.2) is 0 Å². The minimum absolute atomic E-state index is 0.0980. The molecule has 8 heteroatoms. The van der Waals surface area contributed by atoms with Crippen molar-refractivity contribution >= 4 is 23.1 Å². The van der Waals surface area contributed by atoms with Crippen molar-refractivity contribution in [3.05, 3.63) is 64.1 Å². The maximum atomic E-state index is 13.1. The molecule has 0 N–H and O–H groups in total. The first kappa shape index (κ1) is 18.5. The number of alkyl halides is 3. The molecule has 1 aliphatic rings. The molecule has 1 fully saturated rings. The number of aromatic nitrogens is 1. The third kappa shape index (κ3) is 4.09. The molecular formula is C18H15F3N2O2S. The highest BCUT2D eigenvalue weighted by Crippen LogP contribution is 2.37. The van der Waals surface area contributed by atoms with Gasteiger partial charge in [-0.1, -0.05) is 30.3 Å². The van der Waals surface area contributed by atoms with Gasteiger partial charge in [-0.05, 0) is 36.7 Å². The molecule has 0 saturated heterocycles. The minimum Gasteiger partial charge on any atom is -0.373 e. The molecule has 0 aliphatic heterocycles. The molecule has 4 nitrogen and oxygen atoms in total.